The Bertz CT molecular complexity index is 1860. The van der Waals surface area contributed by atoms with E-state index < -0.39 is 67.4 Å². The van der Waals surface area contributed by atoms with Crippen LogP contribution in [0, 0.1) is 0 Å². The van der Waals surface area contributed by atoms with Crippen LogP contribution in [0.3, 0.4) is 0 Å². The molecule has 1 aliphatic heterocycles. The molecule has 1 rings (SSSR count). The summed E-state index contributed by atoms with van der Waals surface area (Å²) in [5, 5.41) is 57.4. The maximum absolute atomic E-state index is 13.5. The van der Waals surface area contributed by atoms with Gasteiger partial charge in [-0.3, -0.25) is 9.59 Å². The molecule has 11 heteroatoms. The molecule has 546 valence electrons. The minimum Gasteiger partial charge on any atom is -0.454 e. The van der Waals surface area contributed by atoms with Crippen molar-refractivity contribution in [2.24, 2.45) is 0 Å². The summed E-state index contributed by atoms with van der Waals surface area (Å²) in [6.07, 6.45) is 83.5. The Morgan fingerprint density at radius 3 is 1.16 bits per heavy atom. The van der Waals surface area contributed by atoms with Gasteiger partial charge in [0.25, 0.3) is 0 Å². The predicted molar refractivity (Wildman–Crippen MR) is 398 cm³/mol. The highest BCUT2D eigenvalue weighted by Crippen LogP contribution is 2.27. The Morgan fingerprint density at radius 2 is 0.766 bits per heavy atom. The van der Waals surface area contributed by atoms with Crippen molar-refractivity contribution < 1.29 is 49.3 Å². The van der Waals surface area contributed by atoms with Gasteiger partial charge >= 0.3 is 5.97 Å². The number of carbonyl (C=O) groups excluding carboxylic acids is 2. The molecular weight excluding hydrogens is 1170 g/mol. The molecule has 0 aliphatic carbocycles. The van der Waals surface area contributed by atoms with Gasteiger partial charge in [-0.05, 0) is 96.3 Å². The van der Waals surface area contributed by atoms with Gasteiger partial charge in [-0.25, -0.2) is 0 Å². The van der Waals surface area contributed by atoms with Gasteiger partial charge in [0.05, 0.1) is 25.4 Å². The van der Waals surface area contributed by atoms with Crippen molar-refractivity contribution in [3.8, 4) is 0 Å². The first-order valence-corrected chi connectivity index (χ1v) is 39.9. The van der Waals surface area contributed by atoms with Crippen LogP contribution in [-0.2, 0) is 23.8 Å². The first kappa shape index (κ1) is 88.9. The number of carbonyl (C=O) groups is 2. The molecule has 1 heterocycles. The monoisotopic (exact) mass is 1320 g/mol. The summed E-state index contributed by atoms with van der Waals surface area (Å²) >= 11 is 0. The van der Waals surface area contributed by atoms with E-state index in [1.807, 2.05) is 6.08 Å². The third-order valence-corrected chi connectivity index (χ3v) is 18.5. The predicted octanol–water partition coefficient (Wildman–Crippen LogP) is 21.6. The molecule has 8 atom stereocenters. The number of aliphatic hydroxyl groups excluding tert-OH is 5. The van der Waals surface area contributed by atoms with Crippen LogP contribution in [0.25, 0.3) is 0 Å². The molecular formula is C83H149NO10. The summed E-state index contributed by atoms with van der Waals surface area (Å²) in [5.41, 5.74) is 0. The van der Waals surface area contributed by atoms with Gasteiger partial charge in [0, 0.05) is 6.42 Å². The second-order valence-electron chi connectivity index (χ2n) is 27.4. The number of unbranched alkanes of at least 4 members (excludes halogenated alkanes) is 43. The van der Waals surface area contributed by atoms with Crippen LogP contribution in [0.15, 0.2) is 85.1 Å². The van der Waals surface area contributed by atoms with Crippen molar-refractivity contribution in [1.29, 1.82) is 0 Å². The van der Waals surface area contributed by atoms with Crippen LogP contribution in [0.1, 0.15) is 367 Å². The lowest BCUT2D eigenvalue weighted by molar-refractivity contribution is -0.305. The average Bonchev–Trinajstić information content (AvgIpc) is 0.814. The van der Waals surface area contributed by atoms with Crippen LogP contribution < -0.4 is 5.32 Å². The summed E-state index contributed by atoms with van der Waals surface area (Å²) in [6.45, 7) is 5.72. The first-order valence-electron chi connectivity index (χ1n) is 39.9. The zero-order valence-corrected chi connectivity index (χ0v) is 61.1. The topological polar surface area (TPSA) is 175 Å². The number of ether oxygens (including phenoxy) is 3. The van der Waals surface area contributed by atoms with Gasteiger partial charge in [0.15, 0.2) is 12.4 Å². The van der Waals surface area contributed by atoms with Crippen molar-refractivity contribution in [3.63, 3.8) is 0 Å². The van der Waals surface area contributed by atoms with Gasteiger partial charge in [0.2, 0.25) is 5.91 Å². The minimum atomic E-state index is -1.62. The molecule has 0 aromatic heterocycles. The van der Waals surface area contributed by atoms with E-state index in [-0.39, 0.29) is 13.0 Å². The number of amides is 1. The van der Waals surface area contributed by atoms with Gasteiger partial charge in [-0.2, -0.15) is 0 Å². The van der Waals surface area contributed by atoms with Crippen molar-refractivity contribution in [2.75, 3.05) is 13.2 Å². The molecule has 6 N–H and O–H groups in total. The molecule has 1 amide bonds. The van der Waals surface area contributed by atoms with E-state index in [4.69, 9.17) is 14.2 Å². The average molecular weight is 1320 g/mol. The first-order chi connectivity index (χ1) is 46.2. The maximum Gasteiger partial charge on any atom is 0.306 e. The maximum atomic E-state index is 13.5. The minimum absolute atomic E-state index is 0.118. The molecule has 0 radical (unpaired) electrons. The molecule has 1 saturated heterocycles. The molecule has 0 saturated carbocycles. The highest BCUT2D eigenvalue weighted by molar-refractivity contribution is 5.80. The number of esters is 1. The van der Waals surface area contributed by atoms with E-state index in [1.54, 1.807) is 6.08 Å². The van der Waals surface area contributed by atoms with E-state index in [0.717, 1.165) is 96.3 Å². The van der Waals surface area contributed by atoms with Gasteiger partial charge in [0.1, 0.15) is 24.4 Å². The highest BCUT2D eigenvalue weighted by atomic mass is 16.7. The molecule has 94 heavy (non-hydrogen) atoms. The lowest BCUT2D eigenvalue weighted by Gasteiger charge is -2.41. The lowest BCUT2D eigenvalue weighted by atomic mass is 9.99. The smallest absolute Gasteiger partial charge is 0.306 e. The Labute approximate surface area is 578 Å². The summed E-state index contributed by atoms with van der Waals surface area (Å²) < 4.78 is 17.8. The van der Waals surface area contributed by atoms with E-state index in [9.17, 15) is 35.1 Å². The summed E-state index contributed by atoms with van der Waals surface area (Å²) in [6, 6.07) is -1.03. The summed E-state index contributed by atoms with van der Waals surface area (Å²) in [5.74, 6) is -1.19. The van der Waals surface area contributed by atoms with Gasteiger partial charge < -0.3 is 45.1 Å². The summed E-state index contributed by atoms with van der Waals surface area (Å²) in [4.78, 5) is 26.8. The van der Waals surface area contributed by atoms with Crippen molar-refractivity contribution in [3.05, 3.63) is 85.1 Å². The summed E-state index contributed by atoms with van der Waals surface area (Å²) in [7, 11) is 0. The molecule has 1 aliphatic rings. The fourth-order valence-corrected chi connectivity index (χ4v) is 12.3. The third-order valence-electron chi connectivity index (χ3n) is 18.5. The normalized spacial score (nSPS) is 18.2. The Balaban J connectivity index is 2.49. The number of hydrogen-bond acceptors (Lipinski definition) is 10. The van der Waals surface area contributed by atoms with Gasteiger partial charge in [-0.15, -0.1) is 0 Å². The number of nitrogens with one attached hydrogen (secondary N) is 1. The quantitative estimate of drug-likeness (QED) is 0.0195. The highest BCUT2D eigenvalue weighted by Gasteiger charge is 2.47. The van der Waals surface area contributed by atoms with Gasteiger partial charge in [-0.1, -0.05) is 350 Å². The lowest BCUT2D eigenvalue weighted by Crippen LogP contribution is -2.61. The largest absolute Gasteiger partial charge is 0.454 e. The fraction of sp³-hybridized carbons (Fsp3) is 0.807. The van der Waals surface area contributed by atoms with E-state index in [1.165, 1.54) is 225 Å². The van der Waals surface area contributed by atoms with Crippen molar-refractivity contribution in [1.82, 2.24) is 5.32 Å². The fourth-order valence-electron chi connectivity index (χ4n) is 12.3. The Morgan fingerprint density at radius 1 is 0.426 bits per heavy atom. The van der Waals surface area contributed by atoms with Crippen molar-refractivity contribution >= 4 is 11.9 Å². The van der Waals surface area contributed by atoms with E-state index >= 15 is 0 Å². The SMILES string of the molecule is CC/C=C\C/C=C\C/C=C\C/C=C\C/C=C\CCCCCCCCCCCCCC(=O)OC1C(OCC(NC(=O)C(O)CCCCCCCCCCCCCCCCCC/C=C/CCCCCCCC)C(O)/C=C/CCCCCCCCCCCC)OC(CO)C(O)C1O. The molecule has 11 nitrogen and oxygen atoms in total. The van der Waals surface area contributed by atoms with Crippen LogP contribution in [-0.4, -0.2) is 99.6 Å². The Hall–Kier alpha value is -3.16. The van der Waals surface area contributed by atoms with Crippen LogP contribution in [0.2, 0.25) is 0 Å². The molecule has 1 fully saturated rings. The van der Waals surface area contributed by atoms with Crippen molar-refractivity contribution in [2.45, 2.75) is 416 Å². The molecule has 8 unspecified atom stereocenters. The molecule has 0 bridgehead atoms. The number of hydrogen-bond donors (Lipinski definition) is 6. The molecule has 0 aromatic carbocycles. The zero-order valence-electron chi connectivity index (χ0n) is 61.1. The molecule has 0 spiro atoms. The van der Waals surface area contributed by atoms with Crippen LogP contribution in [0.4, 0.5) is 0 Å². The third kappa shape index (κ3) is 55.8. The van der Waals surface area contributed by atoms with E-state index in [0.29, 0.717) is 19.3 Å². The van der Waals surface area contributed by atoms with Crippen LogP contribution >= 0.6 is 0 Å². The number of allylic oxidation sites excluding steroid dienone is 13. The number of rotatable bonds is 69. The Kier molecular flexibility index (Phi) is 65.9. The second-order valence-corrected chi connectivity index (χ2v) is 27.4. The second kappa shape index (κ2) is 69.7. The number of aliphatic hydroxyl groups is 5. The standard InChI is InChI=1S/C83H149NO10/c1-4-7-10-13-16-19-22-25-27-29-31-33-35-37-39-41-43-45-47-49-51-53-56-59-62-65-68-71-78(88)94-81-80(90)79(89)77(72-85)93-83(81)92-73-74(75(86)69-66-63-60-57-54-24-21-18-15-12-9-6-3)84-82(91)76(87)70-67-64-61-58-55-52-50-48-46-44-42-40-38-36-34-32-30-28-26-23-20-17-14-11-8-5-2/h7,10,16,19,25-28,31,33,37,39,66,69,74-77,79-81,83,85-87,89-90H,4-6,8-9,11-15,17-18,20-24,29-30,32,34-36,38,40-65,67-68,70-73H2,1-3H3,(H,84,91)/b10-7-,19-16-,27-25-,28-26+,33-31-,39-37-,69-66+. The van der Waals surface area contributed by atoms with Crippen LogP contribution in [0.5, 0.6) is 0 Å². The van der Waals surface area contributed by atoms with E-state index in [2.05, 4.69) is 99.0 Å². The zero-order chi connectivity index (χ0) is 68.1. The molecule has 0 aromatic rings.